The molecular weight excluding hydrogens is 232 g/mol. The highest BCUT2D eigenvalue weighted by Gasteiger charge is 2.24. The first-order valence-corrected chi connectivity index (χ1v) is 6.69. The van der Waals surface area contributed by atoms with Gasteiger partial charge in [0.1, 0.15) is 0 Å². The van der Waals surface area contributed by atoms with Crippen molar-refractivity contribution in [3.8, 4) is 0 Å². The Hall–Kier alpha value is -0.730. The number of hydrogen-bond donors (Lipinski definition) is 1. The smallest absolute Gasteiger partial charge is 0.0474 e. The molecule has 1 aromatic rings. The van der Waals surface area contributed by atoms with E-state index in [1.165, 1.54) is 25.7 Å². The van der Waals surface area contributed by atoms with E-state index in [4.69, 9.17) is 17.3 Å². The van der Waals surface area contributed by atoms with Gasteiger partial charge in [0, 0.05) is 30.8 Å². The summed E-state index contributed by atoms with van der Waals surface area (Å²) >= 11 is 6.34. The molecular formula is C14H21ClN2. The molecule has 1 fully saturated rings. The predicted molar refractivity (Wildman–Crippen MR) is 74.7 cm³/mol. The Balaban J connectivity index is 2.20. The van der Waals surface area contributed by atoms with Gasteiger partial charge in [-0.25, -0.2) is 0 Å². The predicted octanol–water partition coefficient (Wildman–Crippen LogP) is 3.60. The van der Waals surface area contributed by atoms with Crippen LogP contribution >= 0.6 is 11.6 Å². The molecule has 2 rings (SSSR count). The van der Waals surface area contributed by atoms with Crippen LogP contribution in [0.5, 0.6) is 0 Å². The molecule has 0 radical (unpaired) electrons. The van der Waals surface area contributed by atoms with Gasteiger partial charge in [-0.1, -0.05) is 30.5 Å². The molecule has 1 aliphatic carbocycles. The number of benzene rings is 1. The molecule has 1 aliphatic rings. The Morgan fingerprint density at radius 3 is 2.47 bits per heavy atom. The SMILES string of the molecule is CN(C)c1ccc([C@H](N)C2CCCC2)c(Cl)c1. The average molecular weight is 253 g/mol. The normalized spacial score (nSPS) is 18.4. The quantitative estimate of drug-likeness (QED) is 0.891. The average Bonchev–Trinajstić information content (AvgIpc) is 2.81. The van der Waals surface area contributed by atoms with Gasteiger partial charge in [0.05, 0.1) is 0 Å². The summed E-state index contributed by atoms with van der Waals surface area (Å²) in [6.07, 6.45) is 5.11. The Morgan fingerprint density at radius 2 is 1.94 bits per heavy atom. The summed E-state index contributed by atoms with van der Waals surface area (Å²) in [6.45, 7) is 0. The fourth-order valence-corrected chi connectivity index (χ4v) is 2.94. The number of halogens is 1. The second-order valence-corrected chi connectivity index (χ2v) is 5.58. The van der Waals surface area contributed by atoms with Gasteiger partial charge in [0.15, 0.2) is 0 Å². The molecule has 0 saturated heterocycles. The maximum Gasteiger partial charge on any atom is 0.0474 e. The Kier molecular flexibility index (Phi) is 3.95. The summed E-state index contributed by atoms with van der Waals surface area (Å²) in [5.41, 5.74) is 8.55. The van der Waals surface area contributed by atoms with Crippen LogP contribution in [-0.2, 0) is 0 Å². The van der Waals surface area contributed by atoms with E-state index >= 15 is 0 Å². The number of nitrogens with zero attached hydrogens (tertiary/aromatic N) is 1. The first kappa shape index (κ1) is 12.7. The molecule has 1 saturated carbocycles. The molecule has 3 heteroatoms. The Morgan fingerprint density at radius 1 is 1.29 bits per heavy atom. The van der Waals surface area contributed by atoms with Crippen molar-refractivity contribution in [3.05, 3.63) is 28.8 Å². The lowest BCUT2D eigenvalue weighted by molar-refractivity contribution is 0.445. The van der Waals surface area contributed by atoms with Crippen LogP contribution in [0.15, 0.2) is 18.2 Å². The van der Waals surface area contributed by atoms with Crippen LogP contribution in [0.2, 0.25) is 5.02 Å². The fourth-order valence-electron chi connectivity index (χ4n) is 2.63. The minimum absolute atomic E-state index is 0.0983. The zero-order valence-corrected chi connectivity index (χ0v) is 11.4. The molecule has 94 valence electrons. The van der Waals surface area contributed by atoms with E-state index < -0.39 is 0 Å². The third-order valence-corrected chi connectivity index (χ3v) is 4.09. The topological polar surface area (TPSA) is 29.3 Å². The van der Waals surface area contributed by atoms with Gasteiger partial charge >= 0.3 is 0 Å². The van der Waals surface area contributed by atoms with Crippen molar-refractivity contribution in [1.82, 2.24) is 0 Å². The van der Waals surface area contributed by atoms with Crippen LogP contribution in [-0.4, -0.2) is 14.1 Å². The van der Waals surface area contributed by atoms with Gasteiger partial charge < -0.3 is 10.6 Å². The van der Waals surface area contributed by atoms with Crippen molar-refractivity contribution < 1.29 is 0 Å². The minimum atomic E-state index is 0.0983. The second-order valence-electron chi connectivity index (χ2n) is 5.17. The molecule has 0 aliphatic heterocycles. The van der Waals surface area contributed by atoms with Gasteiger partial charge in [0.2, 0.25) is 0 Å². The third-order valence-electron chi connectivity index (χ3n) is 3.77. The van der Waals surface area contributed by atoms with E-state index in [2.05, 4.69) is 17.0 Å². The summed E-state index contributed by atoms with van der Waals surface area (Å²) < 4.78 is 0. The van der Waals surface area contributed by atoms with Crippen molar-refractivity contribution >= 4 is 17.3 Å². The first-order chi connectivity index (χ1) is 8.09. The molecule has 1 atom stereocenters. The monoisotopic (exact) mass is 252 g/mol. The lowest BCUT2D eigenvalue weighted by Gasteiger charge is -2.22. The van der Waals surface area contributed by atoms with Crippen LogP contribution < -0.4 is 10.6 Å². The van der Waals surface area contributed by atoms with Crippen molar-refractivity contribution in [2.24, 2.45) is 11.7 Å². The van der Waals surface area contributed by atoms with Crippen molar-refractivity contribution in [1.29, 1.82) is 0 Å². The minimum Gasteiger partial charge on any atom is -0.378 e. The summed E-state index contributed by atoms with van der Waals surface area (Å²) in [4.78, 5) is 2.05. The zero-order chi connectivity index (χ0) is 12.4. The van der Waals surface area contributed by atoms with Crippen molar-refractivity contribution in [2.75, 3.05) is 19.0 Å². The molecule has 2 N–H and O–H groups in total. The van der Waals surface area contributed by atoms with Gasteiger partial charge in [-0.2, -0.15) is 0 Å². The zero-order valence-electron chi connectivity index (χ0n) is 10.6. The van der Waals surface area contributed by atoms with Gasteiger partial charge in [-0.3, -0.25) is 0 Å². The van der Waals surface area contributed by atoms with Gasteiger partial charge in [-0.05, 0) is 36.5 Å². The third kappa shape index (κ3) is 2.75. The summed E-state index contributed by atoms with van der Waals surface area (Å²) in [7, 11) is 4.03. The molecule has 0 bridgehead atoms. The molecule has 17 heavy (non-hydrogen) atoms. The largest absolute Gasteiger partial charge is 0.378 e. The highest BCUT2D eigenvalue weighted by atomic mass is 35.5. The molecule has 2 nitrogen and oxygen atoms in total. The number of anilines is 1. The van der Waals surface area contributed by atoms with Crippen LogP contribution in [0.3, 0.4) is 0 Å². The second kappa shape index (κ2) is 5.28. The highest BCUT2D eigenvalue weighted by molar-refractivity contribution is 6.31. The summed E-state index contributed by atoms with van der Waals surface area (Å²) in [5, 5.41) is 0.801. The maximum atomic E-state index is 6.34. The van der Waals surface area contributed by atoms with Crippen LogP contribution in [0.25, 0.3) is 0 Å². The van der Waals surface area contributed by atoms with E-state index in [0.717, 1.165) is 16.3 Å². The van der Waals surface area contributed by atoms with E-state index in [-0.39, 0.29) is 6.04 Å². The highest BCUT2D eigenvalue weighted by Crippen LogP contribution is 2.37. The van der Waals surface area contributed by atoms with Crippen LogP contribution in [0, 0.1) is 5.92 Å². The van der Waals surface area contributed by atoms with Crippen molar-refractivity contribution in [3.63, 3.8) is 0 Å². The fraction of sp³-hybridized carbons (Fsp3) is 0.571. The van der Waals surface area contributed by atoms with Crippen molar-refractivity contribution in [2.45, 2.75) is 31.7 Å². The Bertz CT molecular complexity index is 384. The molecule has 0 spiro atoms. The molecule has 0 unspecified atom stereocenters. The van der Waals surface area contributed by atoms with E-state index in [0.29, 0.717) is 5.92 Å². The van der Waals surface area contributed by atoms with E-state index in [1.54, 1.807) is 0 Å². The lowest BCUT2D eigenvalue weighted by atomic mass is 9.92. The number of rotatable bonds is 3. The van der Waals surface area contributed by atoms with Crippen LogP contribution in [0.4, 0.5) is 5.69 Å². The molecule has 0 heterocycles. The number of hydrogen-bond acceptors (Lipinski definition) is 2. The number of nitrogens with two attached hydrogens (primary N) is 1. The molecule has 1 aromatic carbocycles. The standard InChI is InChI=1S/C14H21ClN2/c1-17(2)11-7-8-12(13(15)9-11)14(16)10-5-3-4-6-10/h7-10,14H,3-6,16H2,1-2H3/t14-/m1/s1. The summed E-state index contributed by atoms with van der Waals surface area (Å²) in [5.74, 6) is 0.609. The van der Waals surface area contributed by atoms with Crippen LogP contribution in [0.1, 0.15) is 37.3 Å². The van der Waals surface area contributed by atoms with E-state index in [9.17, 15) is 0 Å². The molecule has 0 amide bonds. The lowest BCUT2D eigenvalue weighted by Crippen LogP contribution is -2.19. The van der Waals surface area contributed by atoms with E-state index in [1.807, 2.05) is 20.2 Å². The Labute approximate surface area is 109 Å². The first-order valence-electron chi connectivity index (χ1n) is 6.32. The maximum absolute atomic E-state index is 6.34. The van der Waals surface area contributed by atoms with Gasteiger partial charge in [-0.15, -0.1) is 0 Å². The van der Waals surface area contributed by atoms with Gasteiger partial charge in [0.25, 0.3) is 0 Å². The summed E-state index contributed by atoms with van der Waals surface area (Å²) in [6, 6.07) is 6.28. The molecule has 0 aromatic heterocycles.